The number of halogens is 2. The number of aromatic nitrogens is 1. The Labute approximate surface area is 196 Å². The van der Waals surface area contributed by atoms with Gasteiger partial charge in [0, 0.05) is 69.8 Å². The first kappa shape index (κ1) is 23.3. The number of piperidine rings is 1. The number of sulfonamides is 1. The van der Waals surface area contributed by atoms with Crippen molar-refractivity contribution in [3.05, 3.63) is 35.5 Å². The van der Waals surface area contributed by atoms with Crippen molar-refractivity contribution in [2.75, 3.05) is 63.6 Å². The number of carbonyl (C=O) groups is 1. The van der Waals surface area contributed by atoms with Crippen LogP contribution in [0, 0.1) is 11.6 Å². The van der Waals surface area contributed by atoms with Gasteiger partial charge in [0.1, 0.15) is 11.3 Å². The normalized spacial score (nSPS) is 21.5. The fourth-order valence-electron chi connectivity index (χ4n) is 4.96. The Morgan fingerprint density at radius 1 is 1.03 bits per heavy atom. The van der Waals surface area contributed by atoms with E-state index in [1.807, 2.05) is 4.90 Å². The number of nitrogens with zero attached hydrogens (tertiary/aromatic N) is 4. The van der Waals surface area contributed by atoms with Crippen LogP contribution in [0.1, 0.15) is 23.2 Å². The predicted molar refractivity (Wildman–Crippen MR) is 120 cm³/mol. The number of hydrogen-bond donors (Lipinski definition) is 0. The molecule has 3 aliphatic rings. The summed E-state index contributed by atoms with van der Waals surface area (Å²) < 4.78 is 65.4. The minimum Gasteiger partial charge on any atom is -0.370 e. The quantitative estimate of drug-likeness (QED) is 0.637. The van der Waals surface area contributed by atoms with Crippen molar-refractivity contribution < 1.29 is 31.5 Å². The molecule has 3 saturated heterocycles. The molecular formula is C22H26F2N4O5S. The average molecular weight is 497 g/mol. The Bertz CT molecular complexity index is 1220. The summed E-state index contributed by atoms with van der Waals surface area (Å²) in [6, 6.07) is 1.97. The van der Waals surface area contributed by atoms with Crippen molar-refractivity contribution >= 4 is 32.5 Å². The van der Waals surface area contributed by atoms with E-state index in [9.17, 15) is 22.0 Å². The first-order valence-electron chi connectivity index (χ1n) is 11.2. The summed E-state index contributed by atoms with van der Waals surface area (Å²) in [5.41, 5.74) is 0.643. The molecule has 1 aromatic carbocycles. The molecule has 184 valence electrons. The number of anilines is 1. The summed E-state index contributed by atoms with van der Waals surface area (Å²) in [5.74, 6) is -2.55. The summed E-state index contributed by atoms with van der Waals surface area (Å²) in [4.78, 5) is 21.2. The molecule has 34 heavy (non-hydrogen) atoms. The van der Waals surface area contributed by atoms with E-state index in [4.69, 9.17) is 9.47 Å². The topological polar surface area (TPSA) is 92.3 Å². The lowest BCUT2D eigenvalue weighted by molar-refractivity contribution is -0.169. The molecule has 0 atom stereocenters. The summed E-state index contributed by atoms with van der Waals surface area (Å²) in [6.45, 7) is 2.79. The van der Waals surface area contributed by atoms with Crippen LogP contribution in [0.25, 0.3) is 10.9 Å². The standard InChI is InChI=1S/C22H26F2N4O5S/c1-34(30,31)28-8-6-27(7-9-28)21(29)17-14-25-19-16(12-15(23)13-18(19)24)20(17)26-4-2-22(3-5-26)32-10-11-33-22/h12-14H,2-11H2,1H3. The minimum atomic E-state index is -3.35. The lowest BCUT2D eigenvalue weighted by atomic mass is 9.99. The third-order valence-electron chi connectivity index (χ3n) is 6.74. The van der Waals surface area contributed by atoms with Gasteiger partial charge >= 0.3 is 0 Å². The Kier molecular flexibility index (Phi) is 5.95. The number of carbonyl (C=O) groups excluding carboxylic acids is 1. The van der Waals surface area contributed by atoms with Gasteiger partial charge in [0.05, 0.1) is 30.7 Å². The number of pyridine rings is 1. The van der Waals surface area contributed by atoms with Crippen LogP contribution in [0.3, 0.4) is 0 Å². The summed E-state index contributed by atoms with van der Waals surface area (Å²) in [6.07, 6.45) is 3.57. The molecule has 3 fully saturated rings. The van der Waals surface area contributed by atoms with Gasteiger partial charge in [-0.2, -0.15) is 4.31 Å². The van der Waals surface area contributed by atoms with Gasteiger partial charge in [0.15, 0.2) is 11.6 Å². The highest BCUT2D eigenvalue weighted by molar-refractivity contribution is 7.88. The van der Waals surface area contributed by atoms with E-state index in [0.29, 0.717) is 44.8 Å². The van der Waals surface area contributed by atoms with E-state index in [-0.39, 0.29) is 48.6 Å². The molecule has 3 aliphatic heterocycles. The molecule has 0 unspecified atom stereocenters. The van der Waals surface area contributed by atoms with Crippen LogP contribution in [0.15, 0.2) is 18.3 Å². The summed E-state index contributed by atoms with van der Waals surface area (Å²) in [5, 5.41) is 0.224. The molecule has 1 amide bonds. The van der Waals surface area contributed by atoms with Crippen LogP contribution < -0.4 is 4.90 Å². The molecule has 12 heteroatoms. The second-order valence-corrected chi connectivity index (χ2v) is 10.8. The molecule has 4 heterocycles. The zero-order chi connectivity index (χ0) is 24.1. The van der Waals surface area contributed by atoms with E-state index in [1.54, 1.807) is 4.90 Å². The van der Waals surface area contributed by atoms with E-state index in [2.05, 4.69) is 4.98 Å². The minimum absolute atomic E-state index is 0.0106. The summed E-state index contributed by atoms with van der Waals surface area (Å²) >= 11 is 0. The van der Waals surface area contributed by atoms with Gasteiger partial charge in [-0.15, -0.1) is 0 Å². The molecule has 1 spiro atoms. The van der Waals surface area contributed by atoms with Crippen molar-refractivity contribution in [3.63, 3.8) is 0 Å². The van der Waals surface area contributed by atoms with Gasteiger partial charge in [-0.25, -0.2) is 17.2 Å². The zero-order valence-corrected chi connectivity index (χ0v) is 19.6. The van der Waals surface area contributed by atoms with Crippen LogP contribution in [0.2, 0.25) is 0 Å². The highest BCUT2D eigenvalue weighted by atomic mass is 32.2. The van der Waals surface area contributed by atoms with Crippen LogP contribution in [-0.2, 0) is 19.5 Å². The second-order valence-electron chi connectivity index (χ2n) is 8.85. The molecule has 0 aliphatic carbocycles. The average Bonchev–Trinajstić information content (AvgIpc) is 3.26. The van der Waals surface area contributed by atoms with Gasteiger partial charge in [0.25, 0.3) is 5.91 Å². The molecular weight excluding hydrogens is 470 g/mol. The Morgan fingerprint density at radius 2 is 1.68 bits per heavy atom. The molecule has 2 aromatic rings. The largest absolute Gasteiger partial charge is 0.370 e. The number of benzene rings is 1. The van der Waals surface area contributed by atoms with Crippen molar-refractivity contribution in [1.82, 2.24) is 14.2 Å². The maximum Gasteiger partial charge on any atom is 0.257 e. The third-order valence-corrected chi connectivity index (χ3v) is 8.04. The first-order valence-corrected chi connectivity index (χ1v) is 13.1. The lowest BCUT2D eigenvalue weighted by Gasteiger charge is -2.40. The maximum atomic E-state index is 14.6. The van der Waals surface area contributed by atoms with Gasteiger partial charge < -0.3 is 19.3 Å². The van der Waals surface area contributed by atoms with Crippen molar-refractivity contribution in [3.8, 4) is 0 Å². The predicted octanol–water partition coefficient (Wildman–Crippen LogP) is 1.57. The number of hydrogen-bond acceptors (Lipinski definition) is 7. The number of rotatable bonds is 3. The molecule has 0 radical (unpaired) electrons. The lowest BCUT2D eigenvalue weighted by Crippen LogP contribution is -2.50. The number of piperazine rings is 1. The van der Waals surface area contributed by atoms with Crippen molar-refractivity contribution in [2.24, 2.45) is 0 Å². The molecule has 0 N–H and O–H groups in total. The van der Waals surface area contributed by atoms with Crippen molar-refractivity contribution in [2.45, 2.75) is 18.6 Å². The SMILES string of the molecule is CS(=O)(=O)N1CCN(C(=O)c2cnc3c(F)cc(F)cc3c2N2CCC3(CC2)OCCO3)CC1. The van der Waals surface area contributed by atoms with Gasteiger partial charge in [0.2, 0.25) is 10.0 Å². The highest BCUT2D eigenvalue weighted by Crippen LogP contribution is 2.38. The van der Waals surface area contributed by atoms with Gasteiger partial charge in [-0.1, -0.05) is 0 Å². The zero-order valence-electron chi connectivity index (χ0n) is 18.8. The van der Waals surface area contributed by atoms with E-state index >= 15 is 0 Å². The van der Waals surface area contributed by atoms with Gasteiger partial charge in [-0.05, 0) is 6.07 Å². The van der Waals surface area contributed by atoms with Crippen LogP contribution in [0.4, 0.5) is 14.5 Å². The monoisotopic (exact) mass is 496 g/mol. The smallest absolute Gasteiger partial charge is 0.257 e. The van der Waals surface area contributed by atoms with Crippen LogP contribution in [0.5, 0.6) is 0 Å². The number of fused-ring (bicyclic) bond motifs is 1. The van der Waals surface area contributed by atoms with Crippen molar-refractivity contribution in [1.29, 1.82) is 0 Å². The summed E-state index contributed by atoms with van der Waals surface area (Å²) in [7, 11) is -3.35. The Hall–Kier alpha value is -2.41. The Morgan fingerprint density at radius 3 is 2.29 bits per heavy atom. The molecule has 1 aromatic heterocycles. The third kappa shape index (κ3) is 4.23. The molecule has 0 saturated carbocycles. The van der Waals surface area contributed by atoms with Crippen LogP contribution in [-0.4, -0.2) is 93.0 Å². The molecule has 0 bridgehead atoms. The van der Waals surface area contributed by atoms with E-state index in [0.717, 1.165) is 12.3 Å². The Balaban J connectivity index is 1.50. The number of amides is 1. The number of ether oxygens (including phenoxy) is 2. The fourth-order valence-corrected chi connectivity index (χ4v) is 5.79. The fraction of sp³-hybridized carbons (Fsp3) is 0.545. The molecule has 9 nitrogen and oxygen atoms in total. The first-order chi connectivity index (χ1) is 16.2. The van der Waals surface area contributed by atoms with Crippen LogP contribution >= 0.6 is 0 Å². The van der Waals surface area contributed by atoms with Gasteiger partial charge in [-0.3, -0.25) is 9.78 Å². The second kappa shape index (κ2) is 8.67. The maximum absolute atomic E-state index is 14.6. The molecule has 5 rings (SSSR count). The highest BCUT2D eigenvalue weighted by Gasteiger charge is 2.41. The van der Waals surface area contributed by atoms with E-state index in [1.165, 1.54) is 16.6 Å². The van der Waals surface area contributed by atoms with E-state index < -0.39 is 27.4 Å².